The van der Waals surface area contributed by atoms with Crippen LogP contribution in [0.4, 0.5) is 0 Å². The summed E-state index contributed by atoms with van der Waals surface area (Å²) < 4.78 is 19.9. The Morgan fingerprint density at radius 1 is 1.36 bits per heavy atom. The molecule has 0 N–H and O–H groups in total. The highest BCUT2D eigenvalue weighted by Crippen LogP contribution is 2.39. The monoisotopic (exact) mass is 299 g/mol. The first-order chi connectivity index (χ1) is 10.8. The molecule has 1 fully saturated rings. The zero-order chi connectivity index (χ0) is 15.0. The van der Waals surface area contributed by atoms with E-state index >= 15 is 0 Å². The van der Waals surface area contributed by atoms with Crippen LogP contribution in [0.3, 0.4) is 0 Å². The lowest BCUT2D eigenvalue weighted by Gasteiger charge is -2.25. The molecule has 3 aromatic rings. The third-order valence-corrected chi connectivity index (χ3v) is 3.95. The fourth-order valence-electron chi connectivity index (χ4n) is 2.75. The molecule has 0 amide bonds. The van der Waals surface area contributed by atoms with Gasteiger partial charge in [0, 0.05) is 5.39 Å². The average Bonchev–Trinajstić information content (AvgIpc) is 3.26. The van der Waals surface area contributed by atoms with Gasteiger partial charge in [-0.1, -0.05) is 25.1 Å². The molecule has 0 spiro atoms. The van der Waals surface area contributed by atoms with Crippen LogP contribution in [0.2, 0.25) is 0 Å². The average molecular weight is 299 g/mol. The highest BCUT2D eigenvalue weighted by Gasteiger charge is 2.46. The molecule has 4 rings (SSSR count). The van der Waals surface area contributed by atoms with Crippen molar-refractivity contribution in [1.29, 1.82) is 0 Å². The van der Waals surface area contributed by atoms with Crippen LogP contribution < -0.4 is 0 Å². The minimum atomic E-state index is -0.951. The highest BCUT2D eigenvalue weighted by molar-refractivity contribution is 5.77. The topological polar surface area (TPSA) is 62.3 Å². The summed E-state index contributed by atoms with van der Waals surface area (Å²) in [5.41, 5.74) is 0.822. The molecule has 2 aromatic heterocycles. The SMILES string of the molecule is CC[C@H]1CO[C@@](Cn2cncn2)(c2cc3ccccc3o2)O1. The van der Waals surface area contributed by atoms with Crippen molar-refractivity contribution in [3.8, 4) is 0 Å². The van der Waals surface area contributed by atoms with E-state index in [9.17, 15) is 0 Å². The summed E-state index contributed by atoms with van der Waals surface area (Å²) in [4.78, 5) is 3.98. The smallest absolute Gasteiger partial charge is 0.249 e. The van der Waals surface area contributed by atoms with E-state index in [4.69, 9.17) is 13.9 Å². The van der Waals surface area contributed by atoms with Gasteiger partial charge in [-0.25, -0.2) is 9.67 Å². The zero-order valence-electron chi connectivity index (χ0n) is 12.3. The van der Waals surface area contributed by atoms with Crippen molar-refractivity contribution in [2.45, 2.75) is 31.8 Å². The lowest BCUT2D eigenvalue weighted by molar-refractivity contribution is -0.199. The number of nitrogens with zero attached hydrogens (tertiary/aromatic N) is 3. The summed E-state index contributed by atoms with van der Waals surface area (Å²) >= 11 is 0. The first-order valence-electron chi connectivity index (χ1n) is 7.42. The molecule has 1 aromatic carbocycles. The van der Waals surface area contributed by atoms with Gasteiger partial charge in [-0.2, -0.15) is 5.10 Å². The minimum absolute atomic E-state index is 0.0525. The Bertz CT molecular complexity index is 735. The molecular formula is C16H17N3O3. The van der Waals surface area contributed by atoms with Crippen LogP contribution in [-0.2, 0) is 21.8 Å². The molecule has 6 nitrogen and oxygen atoms in total. The summed E-state index contributed by atoms with van der Waals surface area (Å²) in [7, 11) is 0. The van der Waals surface area contributed by atoms with Crippen LogP contribution in [0.25, 0.3) is 11.0 Å². The van der Waals surface area contributed by atoms with Crippen LogP contribution in [0.15, 0.2) is 47.4 Å². The van der Waals surface area contributed by atoms with Crippen molar-refractivity contribution in [2.75, 3.05) is 6.61 Å². The van der Waals surface area contributed by atoms with Crippen molar-refractivity contribution in [1.82, 2.24) is 14.8 Å². The normalized spacial score (nSPS) is 25.0. The molecule has 2 atom stereocenters. The summed E-state index contributed by atoms with van der Waals surface area (Å²) in [6.45, 7) is 3.03. The highest BCUT2D eigenvalue weighted by atomic mass is 16.8. The Balaban J connectivity index is 1.76. The lowest BCUT2D eigenvalue weighted by Crippen LogP contribution is -2.33. The van der Waals surface area contributed by atoms with Crippen molar-refractivity contribution >= 4 is 11.0 Å². The van der Waals surface area contributed by atoms with E-state index in [1.54, 1.807) is 11.0 Å². The second-order valence-corrected chi connectivity index (χ2v) is 5.45. The number of para-hydroxylation sites is 1. The molecule has 6 heteroatoms. The second kappa shape index (κ2) is 5.23. The molecule has 0 radical (unpaired) electrons. The van der Waals surface area contributed by atoms with Gasteiger partial charge in [0.05, 0.1) is 12.7 Å². The third-order valence-electron chi connectivity index (χ3n) is 3.95. The van der Waals surface area contributed by atoms with Gasteiger partial charge in [0.25, 0.3) is 0 Å². The number of ether oxygens (including phenoxy) is 2. The predicted molar refractivity (Wildman–Crippen MR) is 79.0 cm³/mol. The quantitative estimate of drug-likeness (QED) is 0.741. The summed E-state index contributed by atoms with van der Waals surface area (Å²) in [6.07, 6.45) is 4.09. The summed E-state index contributed by atoms with van der Waals surface area (Å²) in [5, 5.41) is 5.19. The van der Waals surface area contributed by atoms with E-state index in [1.165, 1.54) is 6.33 Å². The van der Waals surface area contributed by atoms with Gasteiger partial charge in [0.1, 0.15) is 24.8 Å². The van der Waals surface area contributed by atoms with Gasteiger partial charge >= 0.3 is 0 Å². The number of fused-ring (bicyclic) bond motifs is 1. The Morgan fingerprint density at radius 3 is 3.00 bits per heavy atom. The number of hydrogen-bond donors (Lipinski definition) is 0. The van der Waals surface area contributed by atoms with Crippen molar-refractivity contribution in [3.63, 3.8) is 0 Å². The number of furan rings is 1. The maximum absolute atomic E-state index is 6.18. The van der Waals surface area contributed by atoms with Crippen LogP contribution in [-0.4, -0.2) is 27.5 Å². The first-order valence-corrected chi connectivity index (χ1v) is 7.42. The standard InChI is InChI=1S/C16H17N3O3/c1-2-13-8-20-16(22-13,9-19-11-17-10-18-19)15-7-12-5-3-4-6-14(12)21-15/h3-7,10-11,13H,2,8-9H2,1H3/t13-,16+/m0/s1. The van der Waals surface area contributed by atoms with Gasteiger partial charge in [0.2, 0.25) is 5.79 Å². The fraction of sp³-hybridized carbons (Fsp3) is 0.375. The van der Waals surface area contributed by atoms with Gasteiger partial charge in [-0.3, -0.25) is 0 Å². The fourth-order valence-corrected chi connectivity index (χ4v) is 2.75. The second-order valence-electron chi connectivity index (χ2n) is 5.45. The van der Waals surface area contributed by atoms with Crippen molar-refractivity contribution in [2.24, 2.45) is 0 Å². The number of hydrogen-bond acceptors (Lipinski definition) is 5. The van der Waals surface area contributed by atoms with E-state index in [-0.39, 0.29) is 6.10 Å². The first kappa shape index (κ1) is 13.5. The third kappa shape index (κ3) is 2.20. The van der Waals surface area contributed by atoms with Gasteiger partial charge in [0.15, 0.2) is 5.76 Å². The van der Waals surface area contributed by atoms with Crippen LogP contribution in [0.1, 0.15) is 19.1 Å². The Labute approximate surface area is 127 Å². The van der Waals surface area contributed by atoms with E-state index < -0.39 is 5.79 Å². The van der Waals surface area contributed by atoms with Crippen LogP contribution >= 0.6 is 0 Å². The zero-order valence-corrected chi connectivity index (χ0v) is 12.3. The molecule has 0 bridgehead atoms. The summed E-state index contributed by atoms with van der Waals surface area (Å²) in [6, 6.07) is 9.86. The molecule has 1 aliphatic heterocycles. The molecule has 0 saturated carbocycles. The largest absolute Gasteiger partial charge is 0.455 e. The van der Waals surface area contributed by atoms with E-state index in [0.717, 1.165) is 17.4 Å². The maximum atomic E-state index is 6.18. The van der Waals surface area contributed by atoms with Gasteiger partial charge in [-0.05, 0) is 18.6 Å². The molecule has 0 aliphatic carbocycles. The molecule has 114 valence electrons. The van der Waals surface area contributed by atoms with Gasteiger partial charge in [-0.15, -0.1) is 0 Å². The molecule has 0 unspecified atom stereocenters. The Hall–Kier alpha value is -2.18. The van der Waals surface area contributed by atoms with E-state index in [2.05, 4.69) is 17.0 Å². The van der Waals surface area contributed by atoms with E-state index in [1.807, 2.05) is 30.3 Å². The predicted octanol–water partition coefficient (Wildman–Crippen LogP) is 2.70. The number of rotatable bonds is 4. The Kier molecular flexibility index (Phi) is 3.20. The summed E-state index contributed by atoms with van der Waals surface area (Å²) in [5.74, 6) is -0.284. The molecule has 1 aliphatic rings. The maximum Gasteiger partial charge on any atom is 0.249 e. The Morgan fingerprint density at radius 2 is 2.27 bits per heavy atom. The van der Waals surface area contributed by atoms with Crippen molar-refractivity contribution < 1.29 is 13.9 Å². The van der Waals surface area contributed by atoms with E-state index in [0.29, 0.717) is 18.9 Å². The van der Waals surface area contributed by atoms with Crippen LogP contribution in [0.5, 0.6) is 0 Å². The molecule has 22 heavy (non-hydrogen) atoms. The van der Waals surface area contributed by atoms with Crippen LogP contribution in [0, 0.1) is 0 Å². The lowest BCUT2D eigenvalue weighted by atomic mass is 10.2. The van der Waals surface area contributed by atoms with Crippen molar-refractivity contribution in [3.05, 3.63) is 48.7 Å². The number of aromatic nitrogens is 3. The minimum Gasteiger partial charge on any atom is -0.455 e. The van der Waals surface area contributed by atoms with Gasteiger partial charge < -0.3 is 13.9 Å². The molecular weight excluding hydrogens is 282 g/mol. The molecule has 1 saturated heterocycles. The molecule has 3 heterocycles. The number of benzene rings is 1.